The number of rotatable bonds is 2. The van der Waals surface area contributed by atoms with Crippen LogP contribution in [-0.4, -0.2) is 37.9 Å². The first kappa shape index (κ1) is 13.3. The van der Waals surface area contributed by atoms with Crippen molar-refractivity contribution in [1.29, 1.82) is 0 Å². The van der Waals surface area contributed by atoms with E-state index in [1.807, 2.05) is 12.1 Å². The van der Waals surface area contributed by atoms with Crippen LogP contribution in [0.1, 0.15) is 18.7 Å². The number of hydrogen-bond acceptors (Lipinski definition) is 5. The minimum atomic E-state index is -0.928. The fraction of sp³-hybridized carbons (Fsp3) is 0.462. The molecule has 0 aromatic carbocycles. The van der Waals surface area contributed by atoms with Crippen LogP contribution in [0.4, 0.5) is 5.82 Å². The third-order valence-electron chi connectivity index (χ3n) is 3.76. The molecule has 0 aliphatic carbocycles. The van der Waals surface area contributed by atoms with Gasteiger partial charge in [0.2, 0.25) is 0 Å². The van der Waals surface area contributed by atoms with E-state index < -0.39 is 5.60 Å². The predicted molar refractivity (Wildman–Crippen MR) is 75.6 cm³/mol. The molecule has 1 aliphatic heterocycles. The lowest BCUT2D eigenvalue weighted by Gasteiger charge is -2.38. The van der Waals surface area contributed by atoms with E-state index in [9.17, 15) is 5.11 Å². The Morgan fingerprint density at radius 3 is 2.65 bits per heavy atom. The first-order chi connectivity index (χ1) is 9.60. The predicted octanol–water partition coefficient (Wildman–Crippen LogP) is 1.35. The Morgan fingerprint density at radius 1 is 1.30 bits per heavy atom. The number of pyridine rings is 1. The highest BCUT2D eigenvalue weighted by molar-refractivity contribution is 6.32. The summed E-state index contributed by atoms with van der Waals surface area (Å²) < 4.78 is 1.63. The molecule has 2 aromatic rings. The smallest absolute Gasteiger partial charge is 0.158 e. The number of piperidine rings is 1. The first-order valence-corrected chi connectivity index (χ1v) is 6.90. The molecule has 3 heterocycles. The Morgan fingerprint density at radius 2 is 2.05 bits per heavy atom. The van der Waals surface area contributed by atoms with Crippen molar-refractivity contribution in [2.75, 3.05) is 18.0 Å². The zero-order chi connectivity index (χ0) is 14.2. The lowest BCUT2D eigenvalue weighted by molar-refractivity contribution is -0.000174. The molecule has 0 saturated carbocycles. The zero-order valence-electron chi connectivity index (χ0n) is 11.2. The Bertz CT molecular complexity index is 606. The number of nitrogens with zero attached hydrogens (tertiary/aromatic N) is 5. The minimum absolute atomic E-state index is 0.576. The van der Waals surface area contributed by atoms with Crippen molar-refractivity contribution in [3.05, 3.63) is 35.5 Å². The molecule has 0 spiro atoms. The average molecular weight is 294 g/mol. The van der Waals surface area contributed by atoms with Gasteiger partial charge in [-0.25, -0.2) is 9.97 Å². The fourth-order valence-corrected chi connectivity index (χ4v) is 2.88. The molecule has 1 saturated heterocycles. The van der Waals surface area contributed by atoms with Crippen LogP contribution in [0.3, 0.4) is 0 Å². The van der Waals surface area contributed by atoms with Crippen LogP contribution in [-0.2, 0) is 12.6 Å². The van der Waals surface area contributed by atoms with Gasteiger partial charge in [-0.1, -0.05) is 11.6 Å². The molecular formula is C13H16ClN5O. The third kappa shape index (κ3) is 2.25. The molecule has 6 nitrogen and oxygen atoms in total. The summed E-state index contributed by atoms with van der Waals surface area (Å²) >= 11 is 6.16. The van der Waals surface area contributed by atoms with Crippen LogP contribution in [0.5, 0.6) is 0 Å². The highest BCUT2D eigenvalue weighted by atomic mass is 35.5. The maximum absolute atomic E-state index is 10.7. The van der Waals surface area contributed by atoms with Crippen molar-refractivity contribution in [1.82, 2.24) is 19.7 Å². The number of halogens is 1. The number of aliphatic hydroxyl groups is 1. The zero-order valence-corrected chi connectivity index (χ0v) is 12.0. The second-order valence-corrected chi connectivity index (χ2v) is 5.44. The Kier molecular flexibility index (Phi) is 3.35. The number of hydrogen-bond donors (Lipinski definition) is 1. The van der Waals surface area contributed by atoms with E-state index in [0.717, 1.165) is 5.82 Å². The van der Waals surface area contributed by atoms with E-state index in [-0.39, 0.29) is 0 Å². The molecule has 7 heteroatoms. The van der Waals surface area contributed by atoms with E-state index in [0.29, 0.717) is 36.8 Å². The number of aromatic nitrogens is 4. The number of anilines is 1. The maximum atomic E-state index is 10.7. The molecule has 1 N–H and O–H groups in total. The maximum Gasteiger partial charge on any atom is 0.158 e. The van der Waals surface area contributed by atoms with E-state index in [4.69, 9.17) is 11.6 Å². The van der Waals surface area contributed by atoms with Crippen molar-refractivity contribution in [2.45, 2.75) is 18.4 Å². The SMILES string of the molecule is Cn1ncnc1C1(O)CCN(c2ncccc2Cl)CC1. The molecular weight excluding hydrogens is 278 g/mol. The van der Waals surface area contributed by atoms with E-state index in [2.05, 4.69) is 20.0 Å². The summed E-state index contributed by atoms with van der Waals surface area (Å²) in [5, 5.41) is 15.4. The molecule has 0 amide bonds. The molecule has 1 fully saturated rings. The van der Waals surface area contributed by atoms with E-state index in [1.165, 1.54) is 6.33 Å². The van der Waals surface area contributed by atoms with Crippen molar-refractivity contribution in [3.8, 4) is 0 Å². The Balaban J connectivity index is 1.77. The van der Waals surface area contributed by atoms with Gasteiger partial charge in [0.25, 0.3) is 0 Å². The summed E-state index contributed by atoms with van der Waals surface area (Å²) in [5.74, 6) is 1.39. The summed E-state index contributed by atoms with van der Waals surface area (Å²) in [6, 6.07) is 3.64. The summed E-state index contributed by atoms with van der Waals surface area (Å²) in [5.41, 5.74) is -0.928. The molecule has 1 aliphatic rings. The van der Waals surface area contributed by atoms with Crippen molar-refractivity contribution in [3.63, 3.8) is 0 Å². The second kappa shape index (κ2) is 5.03. The van der Waals surface area contributed by atoms with Gasteiger partial charge in [0.15, 0.2) is 5.82 Å². The van der Waals surface area contributed by atoms with E-state index >= 15 is 0 Å². The summed E-state index contributed by atoms with van der Waals surface area (Å²) in [6.45, 7) is 1.36. The van der Waals surface area contributed by atoms with E-state index in [1.54, 1.807) is 17.9 Å². The van der Waals surface area contributed by atoms with Gasteiger partial charge >= 0.3 is 0 Å². The first-order valence-electron chi connectivity index (χ1n) is 6.52. The fourth-order valence-electron chi connectivity index (χ4n) is 2.64. The monoisotopic (exact) mass is 293 g/mol. The quantitative estimate of drug-likeness (QED) is 0.905. The van der Waals surface area contributed by atoms with Gasteiger partial charge in [0.05, 0.1) is 5.02 Å². The molecule has 0 radical (unpaired) electrons. The lowest BCUT2D eigenvalue weighted by Crippen LogP contribution is -2.44. The van der Waals surface area contributed by atoms with Gasteiger partial charge in [-0.2, -0.15) is 5.10 Å². The minimum Gasteiger partial charge on any atom is -0.382 e. The average Bonchev–Trinajstić information content (AvgIpc) is 2.88. The van der Waals surface area contributed by atoms with Crippen LogP contribution >= 0.6 is 11.6 Å². The Hall–Kier alpha value is -1.66. The summed E-state index contributed by atoms with van der Waals surface area (Å²) in [7, 11) is 1.79. The van der Waals surface area contributed by atoms with Crippen LogP contribution in [0.25, 0.3) is 0 Å². The molecule has 3 rings (SSSR count). The standard InChI is InChI=1S/C13H16ClN5O/c1-18-12(16-9-17-18)13(20)4-7-19(8-5-13)11-10(14)3-2-6-15-11/h2-3,6,9,20H,4-5,7-8H2,1H3. The molecule has 20 heavy (non-hydrogen) atoms. The highest BCUT2D eigenvalue weighted by Gasteiger charge is 2.38. The van der Waals surface area contributed by atoms with Gasteiger partial charge in [-0.3, -0.25) is 4.68 Å². The molecule has 0 unspecified atom stereocenters. The summed E-state index contributed by atoms with van der Waals surface area (Å²) in [4.78, 5) is 10.6. The molecule has 0 atom stereocenters. The van der Waals surface area contributed by atoms with Gasteiger partial charge in [-0.05, 0) is 12.1 Å². The van der Waals surface area contributed by atoms with Crippen molar-refractivity contribution >= 4 is 17.4 Å². The lowest BCUT2D eigenvalue weighted by atomic mass is 9.90. The molecule has 2 aromatic heterocycles. The Labute approximate surface area is 122 Å². The highest BCUT2D eigenvalue weighted by Crippen LogP contribution is 2.34. The van der Waals surface area contributed by atoms with Gasteiger partial charge < -0.3 is 10.0 Å². The van der Waals surface area contributed by atoms with Crippen LogP contribution < -0.4 is 4.90 Å². The number of aryl methyl sites for hydroxylation is 1. The van der Waals surface area contributed by atoms with Crippen LogP contribution in [0.2, 0.25) is 5.02 Å². The van der Waals surface area contributed by atoms with Crippen molar-refractivity contribution in [2.24, 2.45) is 7.05 Å². The van der Waals surface area contributed by atoms with Gasteiger partial charge in [0.1, 0.15) is 17.7 Å². The molecule has 0 bridgehead atoms. The summed E-state index contributed by atoms with van der Waals surface area (Å²) in [6.07, 6.45) is 4.35. The molecule has 106 valence electrons. The topological polar surface area (TPSA) is 67.1 Å². The largest absolute Gasteiger partial charge is 0.382 e. The van der Waals surface area contributed by atoms with Crippen LogP contribution in [0, 0.1) is 0 Å². The van der Waals surface area contributed by atoms with Crippen LogP contribution in [0.15, 0.2) is 24.7 Å². The van der Waals surface area contributed by atoms with Gasteiger partial charge in [-0.15, -0.1) is 0 Å². The normalized spacial score (nSPS) is 18.2. The second-order valence-electron chi connectivity index (χ2n) is 5.03. The van der Waals surface area contributed by atoms with Gasteiger partial charge in [0, 0.05) is 39.2 Å². The van der Waals surface area contributed by atoms with Crippen molar-refractivity contribution < 1.29 is 5.11 Å². The third-order valence-corrected chi connectivity index (χ3v) is 4.05.